The van der Waals surface area contributed by atoms with Crippen molar-refractivity contribution in [2.24, 2.45) is 0 Å². The zero-order chi connectivity index (χ0) is 19.4. The van der Waals surface area contributed by atoms with Gasteiger partial charge in [-0.3, -0.25) is 4.79 Å². The maximum Gasteiger partial charge on any atom is 0.416 e. The monoisotopic (exact) mass is 375 g/mol. The number of rotatable bonds is 4. The van der Waals surface area contributed by atoms with Crippen molar-refractivity contribution in [1.29, 1.82) is 0 Å². The molecule has 1 amide bonds. The van der Waals surface area contributed by atoms with Crippen LogP contribution in [0.4, 0.5) is 34.8 Å². The highest BCUT2D eigenvalue weighted by atomic mass is 19.4. The second-order valence-electron chi connectivity index (χ2n) is 5.59. The van der Waals surface area contributed by atoms with Gasteiger partial charge in [0.25, 0.3) is 5.91 Å². The average Bonchev–Trinajstić information content (AvgIpc) is 2.63. The van der Waals surface area contributed by atoms with E-state index in [1.54, 1.807) is 0 Å². The molecular weight excluding hydrogens is 362 g/mol. The summed E-state index contributed by atoms with van der Waals surface area (Å²) in [6, 6.07) is 12.7. The molecule has 0 spiro atoms. The van der Waals surface area contributed by atoms with E-state index in [1.165, 1.54) is 54.7 Å². The molecule has 0 bridgehead atoms. The normalized spacial score (nSPS) is 11.1. The second kappa shape index (κ2) is 7.45. The van der Waals surface area contributed by atoms with E-state index in [4.69, 9.17) is 0 Å². The third-order valence-corrected chi connectivity index (χ3v) is 3.61. The standard InChI is InChI=1S/C19H13F4N3O/c20-14-3-7-16(8-4-14)26-18(27)12-9-10-24-17(11-12)25-15-5-1-13(2-6-15)19(21,22)23/h1-11H,(H,24,25)(H,26,27). The fourth-order valence-corrected chi connectivity index (χ4v) is 2.27. The highest BCUT2D eigenvalue weighted by Crippen LogP contribution is 2.30. The maximum absolute atomic E-state index is 12.9. The molecule has 0 unspecified atom stereocenters. The molecule has 1 heterocycles. The summed E-state index contributed by atoms with van der Waals surface area (Å²) in [5.74, 6) is -0.555. The first kappa shape index (κ1) is 18.4. The van der Waals surface area contributed by atoms with Crippen LogP contribution in [0, 0.1) is 5.82 Å². The van der Waals surface area contributed by atoms with Crippen LogP contribution in [0.5, 0.6) is 0 Å². The van der Waals surface area contributed by atoms with Gasteiger partial charge in [0, 0.05) is 23.1 Å². The molecule has 0 aliphatic heterocycles. The minimum absolute atomic E-state index is 0.281. The zero-order valence-electron chi connectivity index (χ0n) is 13.7. The van der Waals surface area contributed by atoms with Crippen molar-refractivity contribution in [3.8, 4) is 0 Å². The highest BCUT2D eigenvalue weighted by molar-refractivity contribution is 6.04. The van der Waals surface area contributed by atoms with Crippen LogP contribution in [-0.4, -0.2) is 10.9 Å². The number of amides is 1. The Kier molecular flexibility index (Phi) is 5.07. The van der Waals surface area contributed by atoms with Gasteiger partial charge in [-0.2, -0.15) is 13.2 Å². The van der Waals surface area contributed by atoms with Gasteiger partial charge < -0.3 is 10.6 Å². The third-order valence-electron chi connectivity index (χ3n) is 3.61. The number of halogens is 4. The predicted molar refractivity (Wildman–Crippen MR) is 93.3 cm³/mol. The lowest BCUT2D eigenvalue weighted by Gasteiger charge is -2.10. The average molecular weight is 375 g/mol. The van der Waals surface area contributed by atoms with Crippen LogP contribution in [0.1, 0.15) is 15.9 Å². The molecule has 138 valence electrons. The number of carbonyl (C=O) groups excluding carboxylic acids is 1. The van der Waals surface area contributed by atoms with Crippen LogP contribution in [0.15, 0.2) is 66.9 Å². The number of nitrogens with zero attached hydrogens (tertiary/aromatic N) is 1. The Morgan fingerprint density at radius 3 is 2.15 bits per heavy atom. The van der Waals surface area contributed by atoms with E-state index in [-0.39, 0.29) is 5.56 Å². The Morgan fingerprint density at radius 2 is 1.52 bits per heavy atom. The number of hydrogen-bond acceptors (Lipinski definition) is 3. The molecule has 0 saturated heterocycles. The van der Waals surface area contributed by atoms with E-state index >= 15 is 0 Å². The molecule has 2 aromatic carbocycles. The topological polar surface area (TPSA) is 54.0 Å². The Hall–Kier alpha value is -3.42. The molecule has 0 fully saturated rings. The number of pyridine rings is 1. The smallest absolute Gasteiger partial charge is 0.340 e. The first-order valence-corrected chi connectivity index (χ1v) is 7.78. The summed E-state index contributed by atoms with van der Waals surface area (Å²) in [5.41, 5.74) is 0.347. The fourth-order valence-electron chi connectivity index (χ4n) is 2.27. The molecule has 4 nitrogen and oxygen atoms in total. The van der Waals surface area contributed by atoms with Gasteiger partial charge in [0.2, 0.25) is 0 Å². The van der Waals surface area contributed by atoms with Gasteiger partial charge in [-0.05, 0) is 60.7 Å². The minimum atomic E-state index is -4.41. The Balaban J connectivity index is 1.71. The molecule has 2 N–H and O–H groups in total. The summed E-state index contributed by atoms with van der Waals surface area (Å²) in [5, 5.41) is 5.46. The van der Waals surface area contributed by atoms with Crippen molar-refractivity contribution >= 4 is 23.1 Å². The molecule has 8 heteroatoms. The van der Waals surface area contributed by atoms with Crippen LogP contribution in [0.3, 0.4) is 0 Å². The number of carbonyl (C=O) groups is 1. The number of hydrogen-bond donors (Lipinski definition) is 2. The quantitative estimate of drug-likeness (QED) is 0.614. The van der Waals surface area contributed by atoms with Crippen molar-refractivity contribution < 1.29 is 22.4 Å². The van der Waals surface area contributed by atoms with Crippen LogP contribution in [0.2, 0.25) is 0 Å². The van der Waals surface area contributed by atoms with Crippen LogP contribution >= 0.6 is 0 Å². The summed E-state index contributed by atoms with van der Waals surface area (Å²) >= 11 is 0. The Bertz CT molecular complexity index is 938. The SMILES string of the molecule is O=C(Nc1ccc(F)cc1)c1ccnc(Nc2ccc(C(F)(F)F)cc2)c1. The largest absolute Gasteiger partial charge is 0.416 e. The van der Waals surface area contributed by atoms with Gasteiger partial charge in [-0.1, -0.05) is 0 Å². The summed E-state index contributed by atoms with van der Waals surface area (Å²) in [6.07, 6.45) is -3.01. The van der Waals surface area contributed by atoms with Crippen LogP contribution < -0.4 is 10.6 Å². The van der Waals surface area contributed by atoms with Gasteiger partial charge in [-0.25, -0.2) is 9.37 Å². The second-order valence-corrected chi connectivity index (χ2v) is 5.59. The molecule has 3 rings (SSSR count). The number of aromatic nitrogens is 1. The van der Waals surface area contributed by atoms with Crippen LogP contribution in [0.25, 0.3) is 0 Å². The molecule has 1 aromatic heterocycles. The summed E-state index contributed by atoms with van der Waals surface area (Å²) < 4.78 is 50.7. The van der Waals surface area contributed by atoms with Gasteiger partial charge >= 0.3 is 6.18 Å². The minimum Gasteiger partial charge on any atom is -0.340 e. The number of alkyl halides is 3. The fraction of sp³-hybridized carbons (Fsp3) is 0.0526. The Labute approximate surface area is 151 Å². The number of nitrogens with one attached hydrogen (secondary N) is 2. The zero-order valence-corrected chi connectivity index (χ0v) is 13.7. The van der Waals surface area contributed by atoms with Gasteiger partial charge in [0.15, 0.2) is 0 Å². The maximum atomic E-state index is 12.9. The van der Waals surface area contributed by atoms with E-state index in [1.807, 2.05) is 0 Å². The van der Waals surface area contributed by atoms with Crippen molar-refractivity contribution in [3.05, 3.63) is 83.8 Å². The first-order valence-electron chi connectivity index (χ1n) is 7.78. The van der Waals surface area contributed by atoms with Gasteiger partial charge in [0.1, 0.15) is 11.6 Å². The van der Waals surface area contributed by atoms with Gasteiger partial charge in [-0.15, -0.1) is 0 Å². The summed E-state index contributed by atoms with van der Waals surface area (Å²) in [4.78, 5) is 16.3. The first-order chi connectivity index (χ1) is 12.8. The van der Waals surface area contributed by atoms with E-state index < -0.39 is 23.5 Å². The molecular formula is C19H13F4N3O. The predicted octanol–water partition coefficient (Wildman–Crippen LogP) is 5.24. The lowest BCUT2D eigenvalue weighted by molar-refractivity contribution is -0.137. The van der Waals surface area contributed by atoms with Crippen LogP contribution in [-0.2, 0) is 6.18 Å². The van der Waals surface area contributed by atoms with E-state index in [9.17, 15) is 22.4 Å². The third kappa shape index (κ3) is 4.81. The molecule has 0 saturated carbocycles. The Morgan fingerprint density at radius 1 is 0.889 bits per heavy atom. The molecule has 0 aliphatic rings. The molecule has 3 aromatic rings. The summed E-state index contributed by atoms with van der Waals surface area (Å²) in [7, 11) is 0. The van der Waals surface area contributed by atoms with E-state index in [2.05, 4.69) is 15.6 Å². The van der Waals surface area contributed by atoms with E-state index in [0.717, 1.165) is 12.1 Å². The molecule has 27 heavy (non-hydrogen) atoms. The summed E-state index contributed by atoms with van der Waals surface area (Å²) in [6.45, 7) is 0. The van der Waals surface area contributed by atoms with Crippen molar-refractivity contribution in [2.45, 2.75) is 6.18 Å². The van der Waals surface area contributed by atoms with Crippen molar-refractivity contribution in [1.82, 2.24) is 4.98 Å². The molecule has 0 aliphatic carbocycles. The lowest BCUT2D eigenvalue weighted by Crippen LogP contribution is -2.12. The van der Waals surface area contributed by atoms with Crippen molar-refractivity contribution in [3.63, 3.8) is 0 Å². The highest BCUT2D eigenvalue weighted by Gasteiger charge is 2.29. The number of benzene rings is 2. The van der Waals surface area contributed by atoms with Crippen molar-refractivity contribution in [2.75, 3.05) is 10.6 Å². The number of anilines is 3. The van der Waals surface area contributed by atoms with E-state index in [0.29, 0.717) is 17.2 Å². The van der Waals surface area contributed by atoms with Gasteiger partial charge in [0.05, 0.1) is 5.56 Å². The molecule has 0 atom stereocenters. The molecule has 0 radical (unpaired) electrons. The lowest BCUT2D eigenvalue weighted by atomic mass is 10.2.